The van der Waals surface area contributed by atoms with Crippen LogP contribution < -0.4 is 15.1 Å². The minimum atomic E-state index is -0.00942. The Kier molecular flexibility index (Phi) is 6.44. The Balaban J connectivity index is 1.33. The van der Waals surface area contributed by atoms with E-state index < -0.39 is 0 Å². The maximum absolute atomic E-state index is 5.92. The topological polar surface area (TPSA) is 45.6 Å². The molecule has 1 saturated carbocycles. The molecule has 0 amide bonds. The molecule has 7 heteroatoms. The first-order valence-electron chi connectivity index (χ1n) is 12.9. The third-order valence-corrected chi connectivity index (χ3v) is 7.99. The molecule has 182 valence electrons. The molecule has 3 fully saturated rings. The molecule has 2 aromatic heterocycles. The monoisotopic (exact) mass is 487 g/mol. The molecule has 1 aliphatic carbocycles. The van der Waals surface area contributed by atoms with Gasteiger partial charge < -0.3 is 24.4 Å². The van der Waals surface area contributed by atoms with E-state index in [1.165, 1.54) is 43.4 Å². The number of hydrogen-bond acceptors (Lipinski definition) is 4. The summed E-state index contributed by atoms with van der Waals surface area (Å²) in [5.41, 5.74) is 4.62. The molecule has 3 aromatic rings. The summed E-state index contributed by atoms with van der Waals surface area (Å²) in [4.78, 5) is 9.35. The Labute approximate surface area is 212 Å². The summed E-state index contributed by atoms with van der Waals surface area (Å²) in [5, 5.41) is 4.34. The Bertz CT molecular complexity index is 1140. The van der Waals surface area contributed by atoms with E-state index in [0.717, 1.165) is 42.8 Å². The fourth-order valence-corrected chi connectivity index (χ4v) is 6.18. The number of rotatable bonds is 5. The van der Waals surface area contributed by atoms with Gasteiger partial charge in [-0.2, -0.15) is 0 Å². The molecule has 3 aliphatic rings. The predicted molar refractivity (Wildman–Crippen MR) is 144 cm³/mol. The minimum Gasteiger partial charge on any atom is -0.378 e. The number of nitrogens with zero attached hydrogens (tertiary/aromatic N) is 4. The zero-order chi connectivity index (χ0) is 23.6. The van der Waals surface area contributed by atoms with Gasteiger partial charge in [-0.25, -0.2) is 0 Å². The zero-order valence-corrected chi connectivity index (χ0v) is 20.9. The highest BCUT2D eigenvalue weighted by molar-refractivity contribution is 7.80. The van der Waals surface area contributed by atoms with Gasteiger partial charge in [0.05, 0.1) is 31.0 Å². The van der Waals surface area contributed by atoms with E-state index in [9.17, 15) is 0 Å². The van der Waals surface area contributed by atoms with Crippen molar-refractivity contribution in [3.05, 3.63) is 78.4 Å². The van der Waals surface area contributed by atoms with Crippen LogP contribution in [0.1, 0.15) is 61.5 Å². The van der Waals surface area contributed by atoms with Gasteiger partial charge in [0.2, 0.25) is 0 Å². The third kappa shape index (κ3) is 4.55. The third-order valence-electron chi connectivity index (χ3n) is 7.68. The van der Waals surface area contributed by atoms with E-state index in [4.69, 9.17) is 21.9 Å². The molecule has 2 atom stereocenters. The van der Waals surface area contributed by atoms with Crippen molar-refractivity contribution in [2.45, 2.75) is 50.2 Å². The van der Waals surface area contributed by atoms with Gasteiger partial charge in [-0.3, -0.25) is 4.98 Å². The van der Waals surface area contributed by atoms with E-state index in [2.05, 4.69) is 74.5 Å². The lowest BCUT2D eigenvalue weighted by atomic mass is 9.95. The molecule has 4 heterocycles. The second kappa shape index (κ2) is 9.99. The van der Waals surface area contributed by atoms with Gasteiger partial charge in [0.15, 0.2) is 5.11 Å². The number of anilines is 2. The number of nitrogens with one attached hydrogen (secondary N) is 1. The van der Waals surface area contributed by atoms with Crippen LogP contribution in [0.15, 0.2) is 67.1 Å². The zero-order valence-electron chi connectivity index (χ0n) is 20.1. The van der Waals surface area contributed by atoms with Crippen molar-refractivity contribution in [2.75, 3.05) is 36.1 Å². The van der Waals surface area contributed by atoms with Gasteiger partial charge in [0.25, 0.3) is 0 Å². The Hall–Kier alpha value is -2.90. The lowest BCUT2D eigenvalue weighted by Gasteiger charge is -2.30. The quantitative estimate of drug-likeness (QED) is 0.486. The molecule has 6 rings (SSSR count). The summed E-state index contributed by atoms with van der Waals surface area (Å²) in [6.45, 7) is 3.44. The lowest BCUT2D eigenvalue weighted by Crippen LogP contribution is -2.36. The second-order valence-electron chi connectivity index (χ2n) is 9.80. The standard InChI is InChI=1S/C28H33N5OS/c35-28-30-26(25-8-4-5-14-29-25)27(21-13-15-32(20-21)22-6-2-1-3-7-22)33(28)24-11-9-23(10-12-24)31-16-18-34-19-17-31/h4-5,8-15,20,22,26-27H,1-3,6-7,16-19H2,(H,30,35)/t26-,27+/m1/s1. The van der Waals surface area contributed by atoms with E-state index in [-0.39, 0.29) is 12.1 Å². The summed E-state index contributed by atoms with van der Waals surface area (Å²) < 4.78 is 7.96. The number of aromatic nitrogens is 2. The van der Waals surface area contributed by atoms with Crippen molar-refractivity contribution in [1.82, 2.24) is 14.9 Å². The van der Waals surface area contributed by atoms with E-state index in [1.807, 2.05) is 12.3 Å². The van der Waals surface area contributed by atoms with Crippen LogP contribution in [0.5, 0.6) is 0 Å². The summed E-state index contributed by atoms with van der Waals surface area (Å²) in [6.07, 6.45) is 13.0. The number of thiocarbonyl (C=S) groups is 1. The number of morpholine rings is 1. The van der Waals surface area contributed by atoms with Gasteiger partial charge in [0.1, 0.15) is 0 Å². The molecule has 35 heavy (non-hydrogen) atoms. The van der Waals surface area contributed by atoms with Crippen LogP contribution in [-0.2, 0) is 4.74 Å². The van der Waals surface area contributed by atoms with Crippen molar-refractivity contribution in [3.63, 3.8) is 0 Å². The van der Waals surface area contributed by atoms with Crippen LogP contribution in [0.2, 0.25) is 0 Å². The molecular formula is C28H33N5OS. The van der Waals surface area contributed by atoms with Gasteiger partial charge in [-0.15, -0.1) is 0 Å². The Morgan fingerprint density at radius 2 is 1.69 bits per heavy atom. The number of pyridine rings is 1. The molecule has 6 nitrogen and oxygen atoms in total. The molecular weight excluding hydrogens is 454 g/mol. The number of ether oxygens (including phenoxy) is 1. The molecule has 2 aliphatic heterocycles. The molecule has 0 unspecified atom stereocenters. The average molecular weight is 488 g/mol. The molecule has 2 saturated heterocycles. The first-order valence-corrected chi connectivity index (χ1v) is 13.3. The fraction of sp³-hybridized carbons (Fsp3) is 0.429. The maximum Gasteiger partial charge on any atom is 0.174 e. The van der Waals surface area contributed by atoms with Crippen molar-refractivity contribution >= 4 is 28.7 Å². The van der Waals surface area contributed by atoms with Crippen molar-refractivity contribution < 1.29 is 4.74 Å². The first-order chi connectivity index (χ1) is 17.3. The van der Waals surface area contributed by atoms with Crippen LogP contribution in [0.3, 0.4) is 0 Å². The van der Waals surface area contributed by atoms with Gasteiger partial charge in [-0.05, 0) is 73.1 Å². The van der Waals surface area contributed by atoms with Crippen LogP contribution in [0, 0.1) is 0 Å². The normalized spacial score (nSPS) is 23.5. The van der Waals surface area contributed by atoms with E-state index in [1.54, 1.807) is 0 Å². The summed E-state index contributed by atoms with van der Waals surface area (Å²) in [5.74, 6) is 0. The minimum absolute atomic E-state index is 0.00942. The molecule has 0 radical (unpaired) electrons. The summed E-state index contributed by atoms with van der Waals surface area (Å²) >= 11 is 5.92. The Morgan fingerprint density at radius 3 is 2.43 bits per heavy atom. The highest BCUT2D eigenvalue weighted by atomic mass is 32.1. The number of benzene rings is 1. The van der Waals surface area contributed by atoms with Crippen molar-refractivity contribution in [3.8, 4) is 0 Å². The van der Waals surface area contributed by atoms with Crippen molar-refractivity contribution in [2.24, 2.45) is 0 Å². The van der Waals surface area contributed by atoms with Gasteiger partial charge in [0, 0.05) is 49.1 Å². The van der Waals surface area contributed by atoms with Gasteiger partial charge >= 0.3 is 0 Å². The SMILES string of the molecule is S=C1N[C@H](c2ccccn2)[C@H](c2ccn(C3CCCCC3)c2)N1c1ccc(N2CCOCC2)cc1. The maximum atomic E-state index is 5.92. The molecule has 1 aromatic carbocycles. The smallest absolute Gasteiger partial charge is 0.174 e. The first kappa shape index (κ1) is 22.6. The van der Waals surface area contributed by atoms with Crippen LogP contribution in [0.25, 0.3) is 0 Å². The van der Waals surface area contributed by atoms with Crippen LogP contribution >= 0.6 is 12.2 Å². The van der Waals surface area contributed by atoms with E-state index in [0.29, 0.717) is 6.04 Å². The lowest BCUT2D eigenvalue weighted by molar-refractivity contribution is 0.122. The highest BCUT2D eigenvalue weighted by Gasteiger charge is 2.41. The molecule has 0 bridgehead atoms. The number of hydrogen-bond donors (Lipinski definition) is 1. The molecule has 1 N–H and O–H groups in total. The molecule has 0 spiro atoms. The largest absolute Gasteiger partial charge is 0.378 e. The van der Waals surface area contributed by atoms with Gasteiger partial charge in [-0.1, -0.05) is 25.3 Å². The summed E-state index contributed by atoms with van der Waals surface area (Å²) in [7, 11) is 0. The fourth-order valence-electron chi connectivity index (χ4n) is 5.83. The van der Waals surface area contributed by atoms with Crippen LogP contribution in [-0.4, -0.2) is 41.0 Å². The van der Waals surface area contributed by atoms with E-state index >= 15 is 0 Å². The Morgan fingerprint density at radius 1 is 0.914 bits per heavy atom. The predicted octanol–water partition coefficient (Wildman–Crippen LogP) is 5.40. The average Bonchev–Trinajstić information content (AvgIpc) is 3.55. The van der Waals surface area contributed by atoms with Crippen molar-refractivity contribution in [1.29, 1.82) is 0 Å². The summed E-state index contributed by atoms with van der Waals surface area (Å²) in [6, 6.07) is 17.8. The van der Waals surface area contributed by atoms with Crippen LogP contribution in [0.4, 0.5) is 11.4 Å². The highest BCUT2D eigenvalue weighted by Crippen LogP contribution is 2.42. The second-order valence-corrected chi connectivity index (χ2v) is 10.2.